The Morgan fingerprint density at radius 2 is 1.42 bits per heavy atom. The van der Waals surface area contributed by atoms with Crippen LogP contribution >= 0.6 is 11.6 Å². The summed E-state index contributed by atoms with van der Waals surface area (Å²) >= 11 is 6.58. The lowest BCUT2D eigenvalue weighted by molar-refractivity contribution is 0.617. The van der Waals surface area contributed by atoms with Gasteiger partial charge in [-0.05, 0) is 33.9 Å². The van der Waals surface area contributed by atoms with E-state index in [-0.39, 0.29) is 0 Å². The molecule has 0 aliphatic rings. The maximum atomic E-state index is 6.58. The summed E-state index contributed by atoms with van der Waals surface area (Å²) < 4.78 is 5.82. The summed E-state index contributed by atoms with van der Waals surface area (Å²) in [5, 5.41) is 6.32. The number of hydrogen-bond donors (Lipinski definition) is 0. The summed E-state index contributed by atoms with van der Waals surface area (Å²) in [6.07, 6.45) is 1.81. The van der Waals surface area contributed by atoms with Crippen molar-refractivity contribution in [2.45, 2.75) is 0 Å². The van der Waals surface area contributed by atoms with Crippen LogP contribution in [0.5, 0.6) is 0 Å². The Morgan fingerprint density at radius 3 is 2.29 bits per heavy atom. The van der Waals surface area contributed by atoms with Crippen molar-refractivity contribution in [3.05, 3.63) is 84.1 Å². The quantitative estimate of drug-likeness (QED) is 0.321. The Bertz CT molecular complexity index is 1220. The number of furan rings is 1. The molecule has 0 saturated carbocycles. The van der Waals surface area contributed by atoms with Crippen molar-refractivity contribution < 1.29 is 4.42 Å². The molecule has 1 heterocycles. The van der Waals surface area contributed by atoms with E-state index in [2.05, 4.69) is 54.6 Å². The van der Waals surface area contributed by atoms with Crippen LogP contribution in [0.3, 0.4) is 0 Å². The zero-order valence-corrected chi connectivity index (χ0v) is 13.5. The largest absolute Gasteiger partial charge is 0.462 e. The van der Waals surface area contributed by atoms with E-state index in [1.54, 1.807) is 6.26 Å². The zero-order valence-electron chi connectivity index (χ0n) is 12.8. The fraction of sp³-hybridized carbons (Fsp3) is 0. The second kappa shape index (κ2) is 5.12. The molecular weight excluding hydrogens is 316 g/mol. The lowest BCUT2D eigenvalue weighted by atomic mass is 9.99. The Kier molecular flexibility index (Phi) is 2.91. The third kappa shape index (κ3) is 1.95. The molecule has 0 unspecified atom stereocenters. The van der Waals surface area contributed by atoms with Gasteiger partial charge in [-0.3, -0.25) is 0 Å². The van der Waals surface area contributed by atoms with Crippen molar-refractivity contribution >= 4 is 44.1 Å². The average Bonchev–Trinajstić information content (AvgIpc) is 3.06. The zero-order chi connectivity index (χ0) is 16.1. The van der Waals surface area contributed by atoms with Gasteiger partial charge in [0.1, 0.15) is 0 Å². The van der Waals surface area contributed by atoms with Crippen molar-refractivity contribution in [2.75, 3.05) is 0 Å². The molecule has 0 radical (unpaired) electrons. The second-order valence-electron chi connectivity index (χ2n) is 6.00. The maximum absolute atomic E-state index is 6.58. The van der Waals surface area contributed by atoms with E-state index in [1.807, 2.05) is 18.2 Å². The van der Waals surface area contributed by atoms with E-state index in [1.165, 1.54) is 10.8 Å². The highest BCUT2D eigenvalue weighted by atomic mass is 35.5. The summed E-state index contributed by atoms with van der Waals surface area (Å²) in [5.74, 6) is 0. The van der Waals surface area contributed by atoms with Crippen LogP contribution in [0.2, 0.25) is 5.02 Å². The fourth-order valence-electron chi connectivity index (χ4n) is 3.36. The Balaban J connectivity index is 1.82. The Labute approximate surface area is 144 Å². The van der Waals surface area contributed by atoms with E-state index in [0.29, 0.717) is 5.02 Å². The van der Waals surface area contributed by atoms with Gasteiger partial charge in [0.05, 0.1) is 11.3 Å². The van der Waals surface area contributed by atoms with Gasteiger partial charge in [-0.2, -0.15) is 0 Å². The third-order valence-electron chi connectivity index (χ3n) is 4.59. The standard InChI is InChI=1S/C22H13ClO/c23-21-18-8-4-3-7-16(18)12-19-20(13-24-22(19)21)17-10-9-14-5-1-2-6-15(14)11-17/h1-13H. The Hall–Kier alpha value is -2.77. The molecule has 1 nitrogen and oxygen atoms in total. The highest BCUT2D eigenvalue weighted by molar-refractivity contribution is 6.40. The normalized spacial score (nSPS) is 11.5. The summed E-state index contributed by atoms with van der Waals surface area (Å²) in [6.45, 7) is 0. The molecule has 0 aliphatic heterocycles. The van der Waals surface area contributed by atoms with E-state index < -0.39 is 0 Å². The molecule has 0 bridgehead atoms. The molecule has 1 aromatic heterocycles. The molecule has 4 aromatic carbocycles. The van der Waals surface area contributed by atoms with Gasteiger partial charge in [0.15, 0.2) is 5.58 Å². The monoisotopic (exact) mass is 328 g/mol. The van der Waals surface area contributed by atoms with Crippen LogP contribution in [0.15, 0.2) is 83.5 Å². The molecule has 2 heteroatoms. The fourth-order valence-corrected chi connectivity index (χ4v) is 3.68. The molecule has 24 heavy (non-hydrogen) atoms. The van der Waals surface area contributed by atoms with E-state index in [9.17, 15) is 0 Å². The van der Waals surface area contributed by atoms with E-state index in [0.717, 1.165) is 32.9 Å². The lowest BCUT2D eigenvalue weighted by Gasteiger charge is -2.04. The minimum atomic E-state index is 0.676. The van der Waals surface area contributed by atoms with Crippen molar-refractivity contribution in [1.29, 1.82) is 0 Å². The van der Waals surface area contributed by atoms with Crippen LogP contribution in [0.1, 0.15) is 0 Å². The number of rotatable bonds is 1. The molecule has 0 N–H and O–H groups in total. The minimum Gasteiger partial charge on any atom is -0.462 e. The predicted octanol–water partition coefficient (Wildman–Crippen LogP) is 7.06. The predicted molar refractivity (Wildman–Crippen MR) is 102 cm³/mol. The van der Waals surface area contributed by atoms with Crippen molar-refractivity contribution in [3.63, 3.8) is 0 Å². The highest BCUT2D eigenvalue weighted by Crippen LogP contribution is 2.39. The topological polar surface area (TPSA) is 13.1 Å². The molecule has 114 valence electrons. The summed E-state index contributed by atoms with van der Waals surface area (Å²) in [4.78, 5) is 0. The van der Waals surface area contributed by atoms with Gasteiger partial charge in [0.2, 0.25) is 0 Å². The first-order valence-corrected chi connectivity index (χ1v) is 8.27. The van der Waals surface area contributed by atoms with Crippen molar-refractivity contribution in [2.24, 2.45) is 0 Å². The van der Waals surface area contributed by atoms with Crippen LogP contribution in [0, 0.1) is 0 Å². The smallest absolute Gasteiger partial charge is 0.153 e. The molecule has 0 aliphatic carbocycles. The molecule has 0 spiro atoms. The molecule has 5 aromatic rings. The van der Waals surface area contributed by atoms with Gasteiger partial charge < -0.3 is 4.42 Å². The molecule has 0 atom stereocenters. The first kappa shape index (κ1) is 13.6. The van der Waals surface area contributed by atoms with Crippen LogP contribution in [0.4, 0.5) is 0 Å². The molecular formula is C22H13ClO. The third-order valence-corrected chi connectivity index (χ3v) is 4.96. The molecule has 5 rings (SSSR count). The van der Waals surface area contributed by atoms with Crippen LogP contribution in [-0.2, 0) is 0 Å². The van der Waals surface area contributed by atoms with Crippen LogP contribution < -0.4 is 0 Å². The molecule has 0 saturated heterocycles. The second-order valence-corrected chi connectivity index (χ2v) is 6.38. The average molecular weight is 329 g/mol. The molecule has 0 amide bonds. The van der Waals surface area contributed by atoms with Gasteiger partial charge in [-0.25, -0.2) is 0 Å². The van der Waals surface area contributed by atoms with Crippen LogP contribution in [-0.4, -0.2) is 0 Å². The van der Waals surface area contributed by atoms with Gasteiger partial charge in [-0.1, -0.05) is 72.3 Å². The van der Waals surface area contributed by atoms with Crippen LogP contribution in [0.25, 0.3) is 43.6 Å². The van der Waals surface area contributed by atoms with Gasteiger partial charge >= 0.3 is 0 Å². The van der Waals surface area contributed by atoms with Gasteiger partial charge in [-0.15, -0.1) is 0 Å². The molecule has 0 fully saturated rings. The number of benzene rings is 4. The first-order chi connectivity index (χ1) is 11.8. The number of fused-ring (bicyclic) bond motifs is 3. The van der Waals surface area contributed by atoms with E-state index >= 15 is 0 Å². The summed E-state index contributed by atoms with van der Waals surface area (Å²) in [7, 11) is 0. The minimum absolute atomic E-state index is 0.676. The summed E-state index contributed by atoms with van der Waals surface area (Å²) in [5.41, 5.74) is 2.96. The maximum Gasteiger partial charge on any atom is 0.153 e. The number of hydrogen-bond acceptors (Lipinski definition) is 1. The number of halogens is 1. The van der Waals surface area contributed by atoms with Crippen molar-refractivity contribution in [1.82, 2.24) is 0 Å². The Morgan fingerprint density at radius 1 is 0.667 bits per heavy atom. The van der Waals surface area contributed by atoms with Gasteiger partial charge in [0.25, 0.3) is 0 Å². The summed E-state index contributed by atoms with van der Waals surface area (Å²) in [6, 6.07) is 25.1. The van der Waals surface area contributed by atoms with Crippen molar-refractivity contribution in [3.8, 4) is 11.1 Å². The lowest BCUT2D eigenvalue weighted by Crippen LogP contribution is -1.79. The highest BCUT2D eigenvalue weighted by Gasteiger charge is 2.14. The SMILES string of the molecule is Clc1c2ccccc2cc2c(-c3ccc4ccccc4c3)coc12. The van der Waals surface area contributed by atoms with Gasteiger partial charge in [0, 0.05) is 16.3 Å². The first-order valence-electron chi connectivity index (χ1n) is 7.89. The van der Waals surface area contributed by atoms with E-state index in [4.69, 9.17) is 16.0 Å².